The van der Waals surface area contributed by atoms with Gasteiger partial charge in [0.05, 0.1) is 0 Å². The van der Waals surface area contributed by atoms with Crippen LogP contribution in [0.1, 0.15) is 24.8 Å². The molecule has 1 aromatic carbocycles. The molecule has 0 spiro atoms. The van der Waals surface area contributed by atoms with Crippen LogP contribution in [-0.2, 0) is 11.3 Å². The fourth-order valence-electron chi connectivity index (χ4n) is 5.15. The van der Waals surface area contributed by atoms with E-state index in [1.807, 2.05) is 18.2 Å². The first-order valence-electron chi connectivity index (χ1n) is 7.75. The Hall–Kier alpha value is -1.35. The van der Waals surface area contributed by atoms with Gasteiger partial charge in [0.15, 0.2) is 0 Å². The highest BCUT2D eigenvalue weighted by Gasteiger charge is 2.58. The highest BCUT2D eigenvalue weighted by molar-refractivity contribution is 5.74. The average molecular weight is 271 g/mol. The van der Waals surface area contributed by atoms with Gasteiger partial charge in [0.2, 0.25) is 0 Å². The van der Waals surface area contributed by atoms with Gasteiger partial charge in [-0.15, -0.1) is 0 Å². The van der Waals surface area contributed by atoms with Gasteiger partial charge in [-0.3, -0.25) is 9.69 Å². The minimum absolute atomic E-state index is 0.254. The van der Waals surface area contributed by atoms with E-state index in [1.165, 1.54) is 24.8 Å². The summed E-state index contributed by atoms with van der Waals surface area (Å²) >= 11 is 0. The van der Waals surface area contributed by atoms with Crippen molar-refractivity contribution in [1.82, 2.24) is 4.90 Å². The van der Waals surface area contributed by atoms with E-state index in [0.29, 0.717) is 17.8 Å². The molecule has 0 unspecified atom stereocenters. The zero-order chi connectivity index (χ0) is 13.7. The molecule has 0 aromatic heterocycles. The highest BCUT2D eigenvalue weighted by atomic mass is 16.4. The van der Waals surface area contributed by atoms with Crippen molar-refractivity contribution in [2.75, 3.05) is 6.54 Å². The van der Waals surface area contributed by atoms with E-state index >= 15 is 0 Å². The van der Waals surface area contributed by atoms with E-state index in [2.05, 4.69) is 17.0 Å². The number of hydrogen-bond acceptors (Lipinski definition) is 2. The normalized spacial score (nSPS) is 39.1. The smallest absolute Gasteiger partial charge is 0.321 e. The molecule has 4 rings (SSSR count). The molecule has 2 saturated carbocycles. The number of carbonyl (C=O) groups is 1. The van der Waals surface area contributed by atoms with E-state index < -0.39 is 5.97 Å². The van der Waals surface area contributed by atoms with Crippen molar-refractivity contribution in [3.05, 3.63) is 35.9 Å². The molecule has 1 aromatic rings. The van der Waals surface area contributed by atoms with Crippen LogP contribution in [0.4, 0.5) is 0 Å². The lowest BCUT2D eigenvalue weighted by Crippen LogP contribution is -2.41. The van der Waals surface area contributed by atoms with Crippen LogP contribution in [-0.4, -0.2) is 28.6 Å². The molecule has 1 heterocycles. The number of carboxylic acids is 1. The van der Waals surface area contributed by atoms with Crippen LogP contribution in [0.5, 0.6) is 0 Å². The van der Waals surface area contributed by atoms with E-state index in [-0.39, 0.29) is 6.04 Å². The molecular weight excluding hydrogens is 250 g/mol. The lowest BCUT2D eigenvalue weighted by molar-refractivity contribution is -0.144. The van der Waals surface area contributed by atoms with Gasteiger partial charge in [-0.2, -0.15) is 0 Å². The minimum Gasteiger partial charge on any atom is -0.480 e. The second-order valence-corrected chi connectivity index (χ2v) is 6.77. The number of nitrogens with zero attached hydrogens (tertiary/aromatic N) is 1. The molecule has 3 heteroatoms. The zero-order valence-corrected chi connectivity index (χ0v) is 11.6. The third kappa shape index (κ3) is 1.80. The van der Waals surface area contributed by atoms with Crippen LogP contribution >= 0.6 is 0 Å². The lowest BCUT2D eigenvalue weighted by Gasteiger charge is -2.28. The van der Waals surface area contributed by atoms with Crippen LogP contribution in [0.15, 0.2) is 30.3 Å². The quantitative estimate of drug-likeness (QED) is 0.918. The molecule has 20 heavy (non-hydrogen) atoms. The summed E-state index contributed by atoms with van der Waals surface area (Å²) in [7, 11) is 0. The molecule has 106 valence electrons. The van der Waals surface area contributed by atoms with Crippen LogP contribution < -0.4 is 0 Å². The van der Waals surface area contributed by atoms with Gasteiger partial charge in [-0.05, 0) is 48.5 Å². The number of likely N-dealkylation sites (tertiary alicyclic amines) is 1. The van der Waals surface area contributed by atoms with Crippen molar-refractivity contribution in [3.63, 3.8) is 0 Å². The molecule has 1 saturated heterocycles. The van der Waals surface area contributed by atoms with E-state index in [0.717, 1.165) is 19.0 Å². The fraction of sp³-hybridized carbons (Fsp3) is 0.588. The molecule has 0 radical (unpaired) electrons. The van der Waals surface area contributed by atoms with Gasteiger partial charge >= 0.3 is 5.97 Å². The summed E-state index contributed by atoms with van der Waals surface area (Å²) in [6, 6.07) is 10.0. The first-order chi connectivity index (χ1) is 9.74. The Balaban J connectivity index is 1.59. The Labute approximate surface area is 119 Å². The van der Waals surface area contributed by atoms with Crippen LogP contribution in [0.2, 0.25) is 0 Å². The van der Waals surface area contributed by atoms with Gasteiger partial charge in [-0.1, -0.05) is 30.3 Å². The Bertz CT molecular complexity index is 515. The maximum atomic E-state index is 11.8. The second kappa shape index (κ2) is 4.59. The summed E-state index contributed by atoms with van der Waals surface area (Å²) in [6.45, 7) is 1.77. The molecule has 3 aliphatic rings. The van der Waals surface area contributed by atoms with Crippen LogP contribution in [0.25, 0.3) is 0 Å². The van der Waals surface area contributed by atoms with Crippen molar-refractivity contribution >= 4 is 5.97 Å². The first kappa shape index (κ1) is 12.4. The third-order valence-electron chi connectivity index (χ3n) is 5.84. The van der Waals surface area contributed by atoms with Crippen molar-refractivity contribution in [2.45, 2.75) is 31.8 Å². The van der Waals surface area contributed by atoms with Crippen LogP contribution in [0, 0.1) is 23.7 Å². The summed E-state index contributed by atoms with van der Waals surface area (Å²) in [5, 5.41) is 9.70. The van der Waals surface area contributed by atoms with E-state index in [4.69, 9.17) is 0 Å². The summed E-state index contributed by atoms with van der Waals surface area (Å²) in [5.74, 6) is 1.91. The topological polar surface area (TPSA) is 40.5 Å². The van der Waals surface area contributed by atoms with E-state index in [9.17, 15) is 9.90 Å². The van der Waals surface area contributed by atoms with Gasteiger partial charge in [-0.25, -0.2) is 0 Å². The van der Waals surface area contributed by atoms with Gasteiger partial charge in [0.1, 0.15) is 6.04 Å². The van der Waals surface area contributed by atoms with Gasteiger partial charge in [0, 0.05) is 13.1 Å². The summed E-state index contributed by atoms with van der Waals surface area (Å²) < 4.78 is 0. The largest absolute Gasteiger partial charge is 0.480 e. The molecule has 3 fully saturated rings. The van der Waals surface area contributed by atoms with Crippen molar-refractivity contribution in [2.24, 2.45) is 23.7 Å². The van der Waals surface area contributed by atoms with Crippen LogP contribution in [0.3, 0.4) is 0 Å². The third-order valence-corrected chi connectivity index (χ3v) is 5.84. The maximum absolute atomic E-state index is 11.8. The number of hydrogen-bond donors (Lipinski definition) is 1. The van der Waals surface area contributed by atoms with Gasteiger partial charge < -0.3 is 5.11 Å². The van der Waals surface area contributed by atoms with Crippen molar-refractivity contribution in [3.8, 4) is 0 Å². The Morgan fingerprint density at radius 1 is 1.20 bits per heavy atom. The number of aliphatic carboxylic acids is 1. The summed E-state index contributed by atoms with van der Waals surface area (Å²) in [6.07, 6.45) is 3.88. The lowest BCUT2D eigenvalue weighted by atomic mass is 9.78. The standard InChI is InChI=1S/C17H21NO2/c19-17(20)16-15-13-7-6-12(8-13)14(15)10-18(16)9-11-4-2-1-3-5-11/h1-5,12-16H,6-10H2,(H,19,20)/t12-,13+,14-,15+,16+/m1/s1. The second-order valence-electron chi connectivity index (χ2n) is 6.77. The number of carboxylic acid groups (broad SMARTS) is 1. The minimum atomic E-state index is -0.610. The summed E-state index contributed by atoms with van der Waals surface area (Å²) in [5.41, 5.74) is 1.23. The van der Waals surface area contributed by atoms with Crippen molar-refractivity contribution < 1.29 is 9.90 Å². The molecule has 3 nitrogen and oxygen atoms in total. The molecule has 2 bridgehead atoms. The molecular formula is C17H21NO2. The summed E-state index contributed by atoms with van der Waals surface area (Å²) in [4.78, 5) is 14.0. The molecule has 1 aliphatic heterocycles. The monoisotopic (exact) mass is 271 g/mol. The Morgan fingerprint density at radius 3 is 2.70 bits per heavy atom. The predicted molar refractivity (Wildman–Crippen MR) is 76.1 cm³/mol. The molecule has 2 aliphatic carbocycles. The predicted octanol–water partition coefficient (Wildman–Crippen LogP) is 2.62. The number of fused-ring (bicyclic) bond motifs is 5. The Kier molecular flexibility index (Phi) is 2.84. The highest BCUT2D eigenvalue weighted by Crippen LogP contribution is 2.57. The van der Waals surface area contributed by atoms with Gasteiger partial charge in [0.25, 0.3) is 0 Å². The molecule has 5 atom stereocenters. The first-order valence-corrected chi connectivity index (χ1v) is 7.75. The number of benzene rings is 1. The van der Waals surface area contributed by atoms with E-state index in [1.54, 1.807) is 0 Å². The molecule has 0 amide bonds. The number of rotatable bonds is 3. The zero-order valence-electron chi connectivity index (χ0n) is 11.6. The molecule has 1 N–H and O–H groups in total. The fourth-order valence-corrected chi connectivity index (χ4v) is 5.15. The SMILES string of the molecule is O=C(O)[C@@H]1[C@H]2[C@H]3CC[C@H](C3)[C@H]2CN1Cc1ccccc1. The van der Waals surface area contributed by atoms with Crippen molar-refractivity contribution in [1.29, 1.82) is 0 Å². The Morgan fingerprint density at radius 2 is 1.95 bits per heavy atom. The average Bonchev–Trinajstić information content (AvgIpc) is 3.09. The maximum Gasteiger partial charge on any atom is 0.321 e.